The van der Waals surface area contributed by atoms with Crippen LogP contribution in [0.4, 0.5) is 4.79 Å². The molecular weight excluding hydrogens is 170 g/mol. The van der Waals surface area contributed by atoms with Crippen molar-refractivity contribution in [3.05, 3.63) is 0 Å². The molecule has 5 nitrogen and oxygen atoms in total. The van der Waals surface area contributed by atoms with Crippen molar-refractivity contribution in [2.45, 2.75) is 31.7 Å². The van der Waals surface area contributed by atoms with Crippen molar-refractivity contribution >= 4 is 11.9 Å². The highest BCUT2D eigenvalue weighted by Gasteiger charge is 2.17. The largest absolute Gasteiger partial charge is 0.335 e. The summed E-state index contributed by atoms with van der Waals surface area (Å²) < 4.78 is 0. The Labute approximate surface area is 77.1 Å². The van der Waals surface area contributed by atoms with Crippen molar-refractivity contribution in [2.75, 3.05) is 6.54 Å². The van der Waals surface area contributed by atoms with Gasteiger partial charge in [0, 0.05) is 6.04 Å². The van der Waals surface area contributed by atoms with E-state index < -0.39 is 11.9 Å². The number of nitrogens with two attached hydrogens (primary N) is 1. The topological polar surface area (TPSA) is 84.2 Å². The summed E-state index contributed by atoms with van der Waals surface area (Å²) in [5.74, 6) is -0.449. The molecule has 74 valence electrons. The van der Waals surface area contributed by atoms with Crippen LogP contribution in [-0.4, -0.2) is 24.5 Å². The number of hydrogen-bond acceptors (Lipinski definition) is 3. The summed E-state index contributed by atoms with van der Waals surface area (Å²) >= 11 is 0. The Bertz CT molecular complexity index is 200. The molecule has 0 aliphatic heterocycles. The van der Waals surface area contributed by atoms with Crippen molar-refractivity contribution in [1.82, 2.24) is 10.6 Å². The van der Waals surface area contributed by atoms with Gasteiger partial charge in [-0.15, -0.1) is 0 Å². The summed E-state index contributed by atoms with van der Waals surface area (Å²) in [5.41, 5.74) is 5.04. The minimum absolute atomic E-state index is 0.155. The smallest absolute Gasteiger partial charge is 0.321 e. The normalized spacial score (nSPS) is 17.0. The first kappa shape index (κ1) is 9.98. The molecular formula is C8H15N3O2. The quantitative estimate of drug-likeness (QED) is 0.553. The summed E-state index contributed by atoms with van der Waals surface area (Å²) in [5, 5.41) is 4.86. The van der Waals surface area contributed by atoms with Crippen LogP contribution in [-0.2, 0) is 4.79 Å². The molecule has 0 atom stereocenters. The van der Waals surface area contributed by atoms with Crippen LogP contribution in [0.25, 0.3) is 0 Å². The maximum atomic E-state index is 11.1. The lowest BCUT2D eigenvalue weighted by Crippen LogP contribution is -2.45. The Kier molecular flexibility index (Phi) is 3.70. The molecule has 0 aromatic heterocycles. The lowest BCUT2D eigenvalue weighted by atomic mass is 10.2. The summed E-state index contributed by atoms with van der Waals surface area (Å²) in [6, 6.07) is -0.201. The van der Waals surface area contributed by atoms with Crippen molar-refractivity contribution in [3.63, 3.8) is 0 Å². The molecule has 0 heterocycles. The summed E-state index contributed by atoms with van der Waals surface area (Å²) in [6.07, 6.45) is 4.31. The van der Waals surface area contributed by atoms with Gasteiger partial charge in [-0.3, -0.25) is 10.1 Å². The van der Waals surface area contributed by atoms with Crippen molar-refractivity contribution in [3.8, 4) is 0 Å². The Morgan fingerprint density at radius 3 is 2.46 bits per heavy atom. The highest BCUT2D eigenvalue weighted by Crippen LogP contribution is 2.17. The Morgan fingerprint density at radius 2 is 1.92 bits per heavy atom. The number of hydrogen-bond donors (Lipinski definition) is 3. The first-order chi connectivity index (χ1) is 6.22. The van der Waals surface area contributed by atoms with Crippen molar-refractivity contribution in [2.24, 2.45) is 5.73 Å². The van der Waals surface area contributed by atoms with Gasteiger partial charge >= 0.3 is 6.03 Å². The molecule has 1 rings (SSSR count). The van der Waals surface area contributed by atoms with Crippen LogP contribution in [0.5, 0.6) is 0 Å². The van der Waals surface area contributed by atoms with Gasteiger partial charge in [0.05, 0.1) is 6.54 Å². The molecule has 0 bridgehead atoms. The van der Waals surface area contributed by atoms with E-state index >= 15 is 0 Å². The number of urea groups is 1. The van der Waals surface area contributed by atoms with Crippen LogP contribution in [0.1, 0.15) is 25.7 Å². The Hall–Kier alpha value is -1.10. The maximum absolute atomic E-state index is 11.1. The summed E-state index contributed by atoms with van der Waals surface area (Å²) in [6.45, 7) is -0.155. The van der Waals surface area contributed by atoms with Gasteiger partial charge in [0.1, 0.15) is 0 Å². The highest BCUT2D eigenvalue weighted by molar-refractivity contribution is 5.95. The van der Waals surface area contributed by atoms with Crippen LogP contribution in [0.15, 0.2) is 0 Å². The first-order valence-corrected chi connectivity index (χ1v) is 4.53. The molecule has 0 aromatic carbocycles. The predicted molar refractivity (Wildman–Crippen MR) is 48.0 cm³/mol. The third kappa shape index (κ3) is 3.42. The fourth-order valence-electron chi connectivity index (χ4n) is 1.47. The van der Waals surface area contributed by atoms with E-state index in [1.807, 2.05) is 0 Å². The zero-order valence-corrected chi connectivity index (χ0v) is 7.51. The van der Waals surface area contributed by atoms with Gasteiger partial charge in [-0.2, -0.15) is 0 Å². The SMILES string of the molecule is NCC(=O)NC(=O)NC1CCCC1. The number of amides is 3. The third-order valence-corrected chi connectivity index (χ3v) is 2.13. The minimum Gasteiger partial charge on any atom is -0.335 e. The number of rotatable bonds is 2. The van der Waals surface area contributed by atoms with Crippen molar-refractivity contribution in [1.29, 1.82) is 0 Å². The summed E-state index contributed by atoms with van der Waals surface area (Å²) in [4.78, 5) is 21.8. The van der Waals surface area contributed by atoms with Gasteiger partial charge < -0.3 is 11.1 Å². The number of imide groups is 1. The molecule has 1 fully saturated rings. The lowest BCUT2D eigenvalue weighted by Gasteiger charge is -2.11. The summed E-state index contributed by atoms with van der Waals surface area (Å²) in [7, 11) is 0. The van der Waals surface area contributed by atoms with Gasteiger partial charge in [0.2, 0.25) is 5.91 Å². The fourth-order valence-corrected chi connectivity index (χ4v) is 1.47. The fraction of sp³-hybridized carbons (Fsp3) is 0.750. The average molecular weight is 185 g/mol. The minimum atomic E-state index is -0.449. The predicted octanol–water partition coefficient (Wildman–Crippen LogP) is -0.287. The standard InChI is InChI=1S/C8H15N3O2/c9-5-7(12)11-8(13)10-6-3-1-2-4-6/h6H,1-5,9H2,(H2,10,11,12,13). The van der Waals surface area contributed by atoms with Crippen LogP contribution in [0, 0.1) is 0 Å². The average Bonchev–Trinajstić information content (AvgIpc) is 2.56. The highest BCUT2D eigenvalue weighted by atomic mass is 16.2. The van der Waals surface area contributed by atoms with Gasteiger partial charge in [-0.05, 0) is 12.8 Å². The van der Waals surface area contributed by atoms with E-state index in [0.29, 0.717) is 0 Å². The second-order valence-electron chi connectivity index (χ2n) is 3.21. The third-order valence-electron chi connectivity index (χ3n) is 2.13. The van der Waals surface area contributed by atoms with Crippen LogP contribution < -0.4 is 16.4 Å². The molecule has 1 aliphatic rings. The van der Waals surface area contributed by atoms with Gasteiger partial charge in [0.15, 0.2) is 0 Å². The van der Waals surface area contributed by atoms with Crippen LogP contribution in [0.2, 0.25) is 0 Å². The van der Waals surface area contributed by atoms with E-state index in [9.17, 15) is 9.59 Å². The van der Waals surface area contributed by atoms with Gasteiger partial charge in [0.25, 0.3) is 0 Å². The monoisotopic (exact) mass is 185 g/mol. The van der Waals surface area contributed by atoms with Gasteiger partial charge in [-0.25, -0.2) is 4.79 Å². The lowest BCUT2D eigenvalue weighted by molar-refractivity contribution is -0.118. The molecule has 4 N–H and O–H groups in total. The van der Waals surface area contributed by atoms with E-state index in [1.54, 1.807) is 0 Å². The Balaban J connectivity index is 2.20. The molecule has 13 heavy (non-hydrogen) atoms. The molecule has 1 aliphatic carbocycles. The molecule has 1 saturated carbocycles. The molecule has 0 spiro atoms. The van der Waals surface area contributed by atoms with E-state index in [4.69, 9.17) is 5.73 Å². The molecule has 3 amide bonds. The van der Waals surface area contributed by atoms with E-state index in [-0.39, 0.29) is 12.6 Å². The van der Waals surface area contributed by atoms with Gasteiger partial charge in [-0.1, -0.05) is 12.8 Å². The Morgan fingerprint density at radius 1 is 1.31 bits per heavy atom. The zero-order chi connectivity index (χ0) is 9.68. The van der Waals surface area contributed by atoms with Crippen LogP contribution in [0.3, 0.4) is 0 Å². The molecule has 0 saturated heterocycles. The van der Waals surface area contributed by atoms with E-state index in [0.717, 1.165) is 25.7 Å². The van der Waals surface area contributed by atoms with E-state index in [1.165, 1.54) is 0 Å². The molecule has 0 unspecified atom stereocenters. The second kappa shape index (κ2) is 4.81. The first-order valence-electron chi connectivity index (χ1n) is 4.53. The number of carbonyl (C=O) groups excluding carboxylic acids is 2. The molecule has 0 aromatic rings. The van der Waals surface area contributed by atoms with Crippen molar-refractivity contribution < 1.29 is 9.59 Å². The maximum Gasteiger partial charge on any atom is 0.321 e. The molecule has 5 heteroatoms. The number of nitrogens with one attached hydrogen (secondary N) is 2. The van der Waals surface area contributed by atoms with Crippen LogP contribution >= 0.6 is 0 Å². The molecule has 0 radical (unpaired) electrons. The number of carbonyl (C=O) groups is 2. The van der Waals surface area contributed by atoms with E-state index in [2.05, 4.69) is 10.6 Å². The zero-order valence-electron chi connectivity index (χ0n) is 7.51. The second-order valence-corrected chi connectivity index (χ2v) is 3.21.